The van der Waals surface area contributed by atoms with Gasteiger partial charge in [-0.2, -0.15) is 17.6 Å². The minimum atomic E-state index is -4.45. The Morgan fingerprint density at radius 2 is 1.82 bits per heavy atom. The Bertz CT molecular complexity index is 1310. The van der Waals surface area contributed by atoms with Gasteiger partial charge < -0.3 is 14.0 Å². The van der Waals surface area contributed by atoms with Crippen LogP contribution in [0.15, 0.2) is 54.9 Å². The number of halogens is 5. The van der Waals surface area contributed by atoms with Gasteiger partial charge in [-0.25, -0.2) is 9.97 Å². The van der Waals surface area contributed by atoms with E-state index in [9.17, 15) is 17.6 Å². The monoisotopic (exact) mass is 492 g/mol. The van der Waals surface area contributed by atoms with Gasteiger partial charge in [-0.1, -0.05) is 11.6 Å². The molecule has 0 radical (unpaired) electrons. The van der Waals surface area contributed by atoms with Gasteiger partial charge in [0.25, 0.3) is 0 Å². The standard InChI is InChI=1S/C23H17ClF4N4O2/c1-32-21(24)20(31-22(32)13-3-8-19(25)30-10-13)17-7-6-16(9-18(17)33-2)34-12-15-5-4-14(11-29-15)23(26,27)28/h3-11H,12H2,1-2H3. The molecular weight excluding hydrogens is 476 g/mol. The summed E-state index contributed by atoms with van der Waals surface area (Å²) >= 11 is 6.52. The summed E-state index contributed by atoms with van der Waals surface area (Å²) in [5.74, 6) is 0.718. The summed E-state index contributed by atoms with van der Waals surface area (Å²) in [6.45, 7) is -0.0350. The van der Waals surface area contributed by atoms with Crippen LogP contribution in [0.5, 0.6) is 11.5 Å². The van der Waals surface area contributed by atoms with Crippen LogP contribution in [0.25, 0.3) is 22.6 Å². The molecule has 4 aromatic rings. The normalized spacial score (nSPS) is 11.5. The molecule has 0 atom stereocenters. The van der Waals surface area contributed by atoms with Gasteiger partial charge in [-0.3, -0.25) is 4.98 Å². The number of pyridine rings is 2. The van der Waals surface area contributed by atoms with Gasteiger partial charge in [0.1, 0.15) is 34.8 Å². The molecule has 34 heavy (non-hydrogen) atoms. The summed E-state index contributed by atoms with van der Waals surface area (Å²) in [6.07, 6.45) is -2.32. The first kappa shape index (κ1) is 23.5. The second kappa shape index (κ2) is 9.30. The van der Waals surface area contributed by atoms with Crippen LogP contribution in [-0.2, 0) is 19.8 Å². The van der Waals surface area contributed by atoms with Gasteiger partial charge in [0.05, 0.1) is 18.4 Å². The lowest BCUT2D eigenvalue weighted by Gasteiger charge is -2.11. The molecule has 0 saturated carbocycles. The van der Waals surface area contributed by atoms with Crippen LogP contribution in [0.3, 0.4) is 0 Å². The first-order valence-corrected chi connectivity index (χ1v) is 10.2. The van der Waals surface area contributed by atoms with Crippen molar-refractivity contribution in [1.82, 2.24) is 19.5 Å². The van der Waals surface area contributed by atoms with E-state index in [4.69, 9.17) is 21.1 Å². The van der Waals surface area contributed by atoms with Gasteiger partial charge in [-0.15, -0.1) is 0 Å². The lowest BCUT2D eigenvalue weighted by Crippen LogP contribution is -2.06. The molecular formula is C23H17ClF4N4O2. The predicted molar refractivity (Wildman–Crippen MR) is 117 cm³/mol. The average Bonchev–Trinajstić information content (AvgIpc) is 3.12. The van der Waals surface area contributed by atoms with E-state index in [1.807, 2.05) is 0 Å². The molecule has 0 N–H and O–H groups in total. The number of imidazole rings is 1. The van der Waals surface area contributed by atoms with E-state index >= 15 is 0 Å². The van der Waals surface area contributed by atoms with E-state index in [1.54, 1.807) is 35.9 Å². The van der Waals surface area contributed by atoms with Crippen LogP contribution in [0, 0.1) is 5.95 Å². The lowest BCUT2D eigenvalue weighted by molar-refractivity contribution is -0.137. The van der Waals surface area contributed by atoms with E-state index in [0.29, 0.717) is 45.0 Å². The zero-order valence-electron chi connectivity index (χ0n) is 17.9. The van der Waals surface area contributed by atoms with Gasteiger partial charge in [0.15, 0.2) is 0 Å². The highest BCUT2D eigenvalue weighted by atomic mass is 35.5. The molecule has 0 saturated heterocycles. The Hall–Kier alpha value is -3.66. The van der Waals surface area contributed by atoms with Crippen LogP contribution in [-0.4, -0.2) is 26.6 Å². The van der Waals surface area contributed by atoms with Crippen LogP contribution in [0.4, 0.5) is 17.6 Å². The average molecular weight is 493 g/mol. The summed E-state index contributed by atoms with van der Waals surface area (Å²) in [6, 6.07) is 9.97. The van der Waals surface area contributed by atoms with Crippen LogP contribution in [0.1, 0.15) is 11.3 Å². The third-order valence-electron chi connectivity index (χ3n) is 4.98. The molecule has 0 aliphatic rings. The molecule has 0 unspecified atom stereocenters. The smallest absolute Gasteiger partial charge is 0.417 e. The molecule has 0 aliphatic heterocycles. The van der Waals surface area contributed by atoms with Crippen molar-refractivity contribution in [2.45, 2.75) is 12.8 Å². The van der Waals surface area contributed by atoms with Crippen molar-refractivity contribution >= 4 is 11.6 Å². The molecule has 11 heteroatoms. The molecule has 0 spiro atoms. The van der Waals surface area contributed by atoms with Crippen molar-refractivity contribution in [1.29, 1.82) is 0 Å². The van der Waals surface area contributed by atoms with Crippen molar-refractivity contribution in [2.75, 3.05) is 7.11 Å². The molecule has 176 valence electrons. The lowest BCUT2D eigenvalue weighted by atomic mass is 10.1. The highest BCUT2D eigenvalue weighted by Crippen LogP contribution is 2.38. The van der Waals surface area contributed by atoms with E-state index in [1.165, 1.54) is 25.4 Å². The zero-order chi connectivity index (χ0) is 24.5. The van der Waals surface area contributed by atoms with Crippen molar-refractivity contribution in [3.63, 3.8) is 0 Å². The third kappa shape index (κ3) is 4.81. The quantitative estimate of drug-likeness (QED) is 0.246. The fourth-order valence-electron chi connectivity index (χ4n) is 3.21. The number of benzene rings is 1. The molecule has 3 heterocycles. The van der Waals surface area contributed by atoms with E-state index in [2.05, 4.69) is 15.0 Å². The number of alkyl halides is 3. The fraction of sp³-hybridized carbons (Fsp3) is 0.174. The van der Waals surface area contributed by atoms with Crippen molar-refractivity contribution in [2.24, 2.45) is 7.05 Å². The maximum Gasteiger partial charge on any atom is 0.417 e. The SMILES string of the molecule is COc1cc(OCc2ccc(C(F)(F)F)cn2)ccc1-c1nc(-c2ccc(F)nc2)n(C)c1Cl. The van der Waals surface area contributed by atoms with Crippen molar-refractivity contribution in [3.05, 3.63) is 77.2 Å². The summed E-state index contributed by atoms with van der Waals surface area (Å²) in [7, 11) is 3.19. The van der Waals surface area contributed by atoms with E-state index in [0.717, 1.165) is 12.3 Å². The van der Waals surface area contributed by atoms with Crippen molar-refractivity contribution < 1.29 is 27.0 Å². The Balaban J connectivity index is 1.57. The predicted octanol–water partition coefficient (Wildman–Crippen LogP) is 5.94. The molecule has 3 aromatic heterocycles. The van der Waals surface area contributed by atoms with Crippen LogP contribution < -0.4 is 9.47 Å². The van der Waals surface area contributed by atoms with Gasteiger partial charge in [-0.05, 0) is 36.4 Å². The Morgan fingerprint density at radius 3 is 2.44 bits per heavy atom. The number of hydrogen-bond donors (Lipinski definition) is 0. The Morgan fingerprint density at radius 1 is 1.03 bits per heavy atom. The number of aromatic nitrogens is 4. The highest BCUT2D eigenvalue weighted by Gasteiger charge is 2.30. The Labute approximate surface area is 196 Å². The highest BCUT2D eigenvalue weighted by molar-refractivity contribution is 6.32. The van der Waals surface area contributed by atoms with Crippen molar-refractivity contribution in [3.8, 4) is 34.1 Å². The first-order chi connectivity index (χ1) is 16.2. The Kier molecular flexibility index (Phi) is 6.43. The maximum absolute atomic E-state index is 13.2. The second-order valence-electron chi connectivity index (χ2n) is 7.19. The summed E-state index contributed by atoms with van der Waals surface area (Å²) in [4.78, 5) is 12.0. The zero-order valence-corrected chi connectivity index (χ0v) is 18.7. The number of methoxy groups -OCH3 is 1. The van der Waals surface area contributed by atoms with Gasteiger partial charge in [0.2, 0.25) is 5.95 Å². The van der Waals surface area contributed by atoms with Crippen LogP contribution in [0.2, 0.25) is 5.15 Å². The first-order valence-electron chi connectivity index (χ1n) is 9.85. The second-order valence-corrected chi connectivity index (χ2v) is 7.55. The minimum absolute atomic E-state index is 0.0350. The number of rotatable bonds is 6. The number of nitrogens with zero attached hydrogens (tertiary/aromatic N) is 4. The summed E-state index contributed by atoms with van der Waals surface area (Å²) in [5, 5.41) is 0.334. The van der Waals surface area contributed by atoms with E-state index < -0.39 is 17.7 Å². The molecule has 0 amide bonds. The largest absolute Gasteiger partial charge is 0.496 e. The maximum atomic E-state index is 13.2. The van der Waals surface area contributed by atoms with Crippen LogP contribution >= 0.6 is 11.6 Å². The molecule has 0 fully saturated rings. The number of hydrogen-bond acceptors (Lipinski definition) is 5. The molecule has 6 nitrogen and oxygen atoms in total. The van der Waals surface area contributed by atoms with E-state index in [-0.39, 0.29) is 6.61 Å². The molecule has 0 aliphatic carbocycles. The molecule has 4 rings (SSSR count). The third-order valence-corrected chi connectivity index (χ3v) is 5.41. The minimum Gasteiger partial charge on any atom is -0.496 e. The van der Waals surface area contributed by atoms with Gasteiger partial charge in [0, 0.05) is 36.6 Å². The summed E-state index contributed by atoms with van der Waals surface area (Å²) in [5.41, 5.74) is 1.12. The topological polar surface area (TPSA) is 62.1 Å². The fourth-order valence-corrected chi connectivity index (χ4v) is 3.43. The van der Waals surface area contributed by atoms with Gasteiger partial charge >= 0.3 is 6.18 Å². The molecule has 1 aromatic carbocycles. The molecule has 0 bridgehead atoms. The summed E-state index contributed by atoms with van der Waals surface area (Å²) < 4.78 is 64.0. The number of ether oxygens (including phenoxy) is 2.